The lowest BCUT2D eigenvalue weighted by Gasteiger charge is -2.37. The number of hydrogen-bond acceptors (Lipinski definition) is 4. The molecule has 2 unspecified atom stereocenters. The van der Waals surface area contributed by atoms with Gasteiger partial charge in [0.2, 0.25) is 10.0 Å². The minimum absolute atomic E-state index is 0. The van der Waals surface area contributed by atoms with E-state index in [2.05, 4.69) is 15.9 Å². The van der Waals surface area contributed by atoms with Crippen molar-refractivity contribution in [3.8, 4) is 0 Å². The number of hydrogen-bond donors (Lipinski definition) is 1. The van der Waals surface area contributed by atoms with Gasteiger partial charge in [0.1, 0.15) is 4.90 Å². The van der Waals surface area contributed by atoms with Crippen LogP contribution in [0.3, 0.4) is 0 Å². The summed E-state index contributed by atoms with van der Waals surface area (Å²) >= 11 is 9.36. The van der Waals surface area contributed by atoms with Crippen molar-refractivity contribution in [2.75, 3.05) is 20.2 Å². The van der Waals surface area contributed by atoms with Gasteiger partial charge in [0.25, 0.3) is 0 Å². The molecule has 22 heavy (non-hydrogen) atoms. The molecule has 1 aliphatic heterocycles. The van der Waals surface area contributed by atoms with Gasteiger partial charge in [-0.3, -0.25) is 0 Å². The predicted molar refractivity (Wildman–Crippen MR) is 93.2 cm³/mol. The lowest BCUT2D eigenvalue weighted by atomic mass is 10.0. The molecule has 1 aromatic carbocycles. The topological polar surface area (TPSA) is 72.6 Å². The zero-order valence-corrected chi connectivity index (χ0v) is 16.0. The van der Waals surface area contributed by atoms with E-state index in [1.807, 2.05) is 0 Å². The van der Waals surface area contributed by atoms with Gasteiger partial charge < -0.3 is 10.5 Å². The number of nitrogens with zero attached hydrogens (tertiary/aromatic N) is 1. The first-order valence-corrected chi connectivity index (χ1v) is 9.21. The van der Waals surface area contributed by atoms with E-state index in [4.69, 9.17) is 22.1 Å². The summed E-state index contributed by atoms with van der Waals surface area (Å²) in [4.78, 5) is 0.0981. The summed E-state index contributed by atoms with van der Waals surface area (Å²) in [5.41, 5.74) is 5.76. The molecule has 0 spiro atoms. The number of piperidine rings is 1. The molecule has 0 aromatic heterocycles. The average Bonchev–Trinajstić information content (AvgIpc) is 2.46. The molecular formula is C13H19BrCl2N2O3S. The van der Waals surface area contributed by atoms with E-state index in [0.29, 0.717) is 23.9 Å². The fraction of sp³-hybridized carbons (Fsp3) is 0.538. The third-order valence-electron chi connectivity index (χ3n) is 3.70. The van der Waals surface area contributed by atoms with Gasteiger partial charge in [0, 0.05) is 30.7 Å². The van der Waals surface area contributed by atoms with Crippen LogP contribution in [0.15, 0.2) is 27.6 Å². The molecule has 1 saturated heterocycles. The molecule has 1 fully saturated rings. The molecule has 9 heteroatoms. The largest absolute Gasteiger partial charge is 0.381 e. The van der Waals surface area contributed by atoms with Crippen molar-refractivity contribution < 1.29 is 13.2 Å². The Balaban J connectivity index is 0.00000242. The van der Waals surface area contributed by atoms with Gasteiger partial charge in [-0.2, -0.15) is 4.31 Å². The quantitative estimate of drug-likeness (QED) is 0.791. The fourth-order valence-electron chi connectivity index (χ4n) is 2.58. The molecular weight excluding hydrogens is 415 g/mol. The van der Waals surface area contributed by atoms with Gasteiger partial charge in [-0.15, -0.1) is 12.4 Å². The molecule has 0 radical (unpaired) electrons. The minimum Gasteiger partial charge on any atom is -0.381 e. The van der Waals surface area contributed by atoms with E-state index in [1.165, 1.54) is 4.31 Å². The van der Waals surface area contributed by atoms with Crippen LogP contribution in [-0.4, -0.2) is 45.1 Å². The number of halogens is 3. The summed E-state index contributed by atoms with van der Waals surface area (Å²) in [5.74, 6) is 0. The standard InChI is InChI=1S/C13H18BrClN2O3S.ClH/c1-20-10-5-6-17(9(7-10)8-16)21(18,19)13-11(14)3-2-4-12(13)15;/h2-4,9-10H,5-8,16H2,1H3;1H. The van der Waals surface area contributed by atoms with E-state index in [0.717, 1.165) is 0 Å². The SMILES string of the molecule is COC1CCN(S(=O)(=O)c2c(Cl)cccc2Br)C(CN)C1.Cl. The van der Waals surface area contributed by atoms with Crippen molar-refractivity contribution in [1.29, 1.82) is 0 Å². The molecule has 2 rings (SSSR count). The van der Waals surface area contributed by atoms with Crippen molar-refractivity contribution in [2.45, 2.75) is 29.9 Å². The molecule has 0 bridgehead atoms. The van der Waals surface area contributed by atoms with Crippen LogP contribution in [0, 0.1) is 0 Å². The molecule has 1 aromatic rings. The van der Waals surface area contributed by atoms with Crippen LogP contribution in [0.5, 0.6) is 0 Å². The first-order valence-electron chi connectivity index (χ1n) is 6.60. The van der Waals surface area contributed by atoms with E-state index in [-0.39, 0.29) is 41.0 Å². The van der Waals surface area contributed by atoms with Crippen molar-refractivity contribution in [2.24, 2.45) is 5.73 Å². The summed E-state index contributed by atoms with van der Waals surface area (Å²) in [7, 11) is -2.07. The van der Waals surface area contributed by atoms with Crippen molar-refractivity contribution in [3.63, 3.8) is 0 Å². The Morgan fingerprint density at radius 1 is 1.50 bits per heavy atom. The maximum atomic E-state index is 12.9. The predicted octanol–water partition coefficient (Wildman–Crippen LogP) is 2.65. The first-order chi connectivity index (χ1) is 9.91. The van der Waals surface area contributed by atoms with Crippen molar-refractivity contribution >= 4 is 50.0 Å². The Morgan fingerprint density at radius 3 is 2.73 bits per heavy atom. The van der Waals surface area contributed by atoms with Crippen LogP contribution in [-0.2, 0) is 14.8 Å². The number of nitrogens with two attached hydrogens (primary N) is 1. The van der Waals surface area contributed by atoms with Crippen LogP contribution in [0.4, 0.5) is 0 Å². The summed E-state index contributed by atoms with van der Waals surface area (Å²) in [6.45, 7) is 0.627. The second-order valence-electron chi connectivity index (χ2n) is 4.94. The highest BCUT2D eigenvalue weighted by atomic mass is 79.9. The van der Waals surface area contributed by atoms with Gasteiger partial charge in [-0.05, 0) is 40.9 Å². The molecule has 1 aliphatic rings. The Labute approximate surface area is 150 Å². The summed E-state index contributed by atoms with van der Waals surface area (Å²) in [6, 6.07) is 4.65. The third-order valence-corrected chi connectivity index (χ3v) is 7.11. The van der Waals surface area contributed by atoms with Gasteiger partial charge in [-0.25, -0.2) is 8.42 Å². The summed E-state index contributed by atoms with van der Waals surface area (Å²) < 4.78 is 33.0. The maximum Gasteiger partial charge on any atom is 0.245 e. The lowest BCUT2D eigenvalue weighted by Crippen LogP contribution is -2.51. The average molecular weight is 434 g/mol. The van der Waals surface area contributed by atoms with Gasteiger partial charge in [0.15, 0.2) is 0 Å². The van der Waals surface area contributed by atoms with Gasteiger partial charge in [-0.1, -0.05) is 17.7 Å². The molecule has 1 heterocycles. The lowest BCUT2D eigenvalue weighted by molar-refractivity contribution is 0.0401. The zero-order valence-electron chi connectivity index (χ0n) is 12.0. The van der Waals surface area contributed by atoms with E-state index in [9.17, 15) is 8.42 Å². The number of rotatable bonds is 4. The fourth-order valence-corrected chi connectivity index (χ4v) is 5.92. The highest BCUT2D eigenvalue weighted by Gasteiger charge is 2.38. The van der Waals surface area contributed by atoms with Crippen LogP contribution in [0.2, 0.25) is 5.02 Å². The number of ether oxygens (including phenoxy) is 1. The smallest absolute Gasteiger partial charge is 0.245 e. The number of methoxy groups -OCH3 is 1. The number of benzene rings is 1. The third kappa shape index (κ3) is 3.95. The molecule has 126 valence electrons. The first kappa shape index (κ1) is 20.2. The highest BCUT2D eigenvalue weighted by Crippen LogP contribution is 2.34. The molecule has 0 saturated carbocycles. The monoisotopic (exact) mass is 432 g/mol. The Kier molecular flexibility index (Phi) is 7.59. The minimum atomic E-state index is -3.70. The van der Waals surface area contributed by atoms with Gasteiger partial charge >= 0.3 is 0 Å². The second-order valence-corrected chi connectivity index (χ2v) is 8.03. The maximum absolute atomic E-state index is 12.9. The highest BCUT2D eigenvalue weighted by molar-refractivity contribution is 9.10. The Morgan fingerprint density at radius 2 is 2.18 bits per heavy atom. The van der Waals surface area contributed by atoms with E-state index in [1.54, 1.807) is 25.3 Å². The van der Waals surface area contributed by atoms with Crippen LogP contribution in [0.1, 0.15) is 12.8 Å². The zero-order chi connectivity index (χ0) is 15.6. The number of sulfonamides is 1. The normalized spacial score (nSPS) is 23.1. The van der Waals surface area contributed by atoms with Crippen LogP contribution < -0.4 is 5.73 Å². The van der Waals surface area contributed by atoms with Crippen LogP contribution >= 0.6 is 39.9 Å². The van der Waals surface area contributed by atoms with Crippen molar-refractivity contribution in [1.82, 2.24) is 4.31 Å². The van der Waals surface area contributed by atoms with E-state index >= 15 is 0 Å². The van der Waals surface area contributed by atoms with E-state index < -0.39 is 10.0 Å². The van der Waals surface area contributed by atoms with Gasteiger partial charge in [0.05, 0.1) is 11.1 Å². The second kappa shape index (κ2) is 8.28. The van der Waals surface area contributed by atoms with Crippen molar-refractivity contribution in [3.05, 3.63) is 27.7 Å². The molecule has 0 aliphatic carbocycles. The molecule has 2 N–H and O–H groups in total. The Hall–Kier alpha value is 0.110. The summed E-state index contributed by atoms with van der Waals surface area (Å²) in [6.07, 6.45) is 1.28. The summed E-state index contributed by atoms with van der Waals surface area (Å²) in [5, 5.41) is 0.203. The molecule has 5 nitrogen and oxygen atoms in total. The Bertz CT molecular complexity index is 595. The molecule has 2 atom stereocenters. The molecule has 0 amide bonds. The van der Waals surface area contributed by atoms with Crippen LogP contribution in [0.25, 0.3) is 0 Å².